The maximum absolute atomic E-state index is 13.9. The summed E-state index contributed by atoms with van der Waals surface area (Å²) in [5, 5.41) is 2.99. The normalized spacial score (nSPS) is 16.2. The van der Waals surface area contributed by atoms with Crippen LogP contribution in [-0.4, -0.2) is 54.7 Å². The van der Waals surface area contributed by atoms with Gasteiger partial charge < -0.3 is 14.5 Å². The minimum absolute atomic E-state index is 0.0865. The van der Waals surface area contributed by atoms with E-state index in [9.17, 15) is 13.6 Å². The van der Waals surface area contributed by atoms with Crippen molar-refractivity contribution < 1.29 is 22.7 Å². The van der Waals surface area contributed by atoms with Gasteiger partial charge in [0, 0.05) is 44.6 Å². The highest BCUT2D eigenvalue weighted by Gasteiger charge is 2.24. The molecule has 1 atom stereocenters. The molecule has 1 unspecified atom stereocenters. The summed E-state index contributed by atoms with van der Waals surface area (Å²) in [5.41, 5.74) is 0.139. The van der Waals surface area contributed by atoms with Gasteiger partial charge in [-0.3, -0.25) is 9.69 Å². The molecule has 2 heterocycles. The Morgan fingerprint density at radius 1 is 1.28 bits per heavy atom. The summed E-state index contributed by atoms with van der Waals surface area (Å²) in [6.45, 7) is 8.06. The number of nitrogens with one attached hydrogen (secondary N) is 1. The zero-order valence-corrected chi connectivity index (χ0v) is 16.8. The van der Waals surface area contributed by atoms with Crippen LogP contribution >= 0.6 is 0 Å². The summed E-state index contributed by atoms with van der Waals surface area (Å²) in [4.78, 5) is 18.7. The number of aromatic nitrogens is 1. The first kappa shape index (κ1) is 21.4. The predicted molar refractivity (Wildman–Crippen MR) is 104 cm³/mol. The van der Waals surface area contributed by atoms with Crippen molar-refractivity contribution in [2.45, 2.75) is 32.7 Å². The van der Waals surface area contributed by atoms with Crippen molar-refractivity contribution in [3.05, 3.63) is 41.9 Å². The van der Waals surface area contributed by atoms with Crippen LogP contribution < -0.4 is 5.32 Å². The SMILES string of the molecule is CC(C)C(CNC(=O)CCc1ncc(-c2ccc(F)cc2F)o1)N1CCOCC1. The van der Waals surface area contributed by atoms with Crippen molar-refractivity contribution in [3.8, 4) is 11.3 Å². The monoisotopic (exact) mass is 407 g/mol. The quantitative estimate of drug-likeness (QED) is 0.729. The Balaban J connectivity index is 1.49. The number of hydrogen-bond donors (Lipinski definition) is 1. The third kappa shape index (κ3) is 5.83. The lowest BCUT2D eigenvalue weighted by Crippen LogP contribution is -2.51. The van der Waals surface area contributed by atoms with Gasteiger partial charge in [-0.1, -0.05) is 13.8 Å². The molecule has 1 aromatic heterocycles. The highest BCUT2D eigenvalue weighted by Crippen LogP contribution is 2.24. The lowest BCUT2D eigenvalue weighted by molar-refractivity contribution is -0.121. The molecule has 1 amide bonds. The lowest BCUT2D eigenvalue weighted by atomic mass is 10.0. The number of carbonyl (C=O) groups excluding carboxylic acids is 1. The number of carbonyl (C=O) groups is 1. The Bertz CT molecular complexity index is 819. The van der Waals surface area contributed by atoms with E-state index in [0.29, 0.717) is 24.8 Å². The first-order chi connectivity index (χ1) is 13.9. The molecule has 6 nitrogen and oxygen atoms in total. The Labute approximate surface area is 169 Å². The molecule has 0 radical (unpaired) electrons. The number of nitrogens with zero attached hydrogens (tertiary/aromatic N) is 2. The zero-order chi connectivity index (χ0) is 20.8. The fourth-order valence-electron chi connectivity index (χ4n) is 3.46. The number of hydrogen-bond acceptors (Lipinski definition) is 5. The largest absolute Gasteiger partial charge is 0.441 e. The van der Waals surface area contributed by atoms with Gasteiger partial charge in [0.25, 0.3) is 0 Å². The third-order valence-corrected chi connectivity index (χ3v) is 5.11. The fraction of sp³-hybridized carbons (Fsp3) is 0.524. The molecule has 1 aromatic carbocycles. The standard InChI is InChI=1S/C21H27F2N3O3/c1-14(2)18(26-7-9-28-10-8-26)12-24-20(27)5-6-21-25-13-19(29-21)16-4-3-15(22)11-17(16)23/h3-4,11,13-14,18H,5-10,12H2,1-2H3,(H,24,27). The van der Waals surface area contributed by atoms with Crippen LogP contribution in [-0.2, 0) is 16.0 Å². The molecular weight excluding hydrogens is 380 g/mol. The molecule has 1 aliphatic rings. The van der Waals surface area contributed by atoms with Gasteiger partial charge >= 0.3 is 0 Å². The number of morpholine rings is 1. The van der Waals surface area contributed by atoms with Gasteiger partial charge in [-0.15, -0.1) is 0 Å². The smallest absolute Gasteiger partial charge is 0.220 e. The molecule has 158 valence electrons. The summed E-state index contributed by atoms with van der Waals surface area (Å²) in [6.07, 6.45) is 1.91. The average Bonchev–Trinajstić information content (AvgIpc) is 3.16. The molecule has 29 heavy (non-hydrogen) atoms. The van der Waals surface area contributed by atoms with Crippen LogP contribution in [0.2, 0.25) is 0 Å². The molecule has 0 aliphatic carbocycles. The van der Waals surface area contributed by atoms with Crippen molar-refractivity contribution in [1.29, 1.82) is 0 Å². The lowest BCUT2D eigenvalue weighted by Gasteiger charge is -2.36. The van der Waals surface area contributed by atoms with Gasteiger partial charge in [0.15, 0.2) is 11.7 Å². The molecule has 1 N–H and O–H groups in total. The highest BCUT2D eigenvalue weighted by atomic mass is 19.1. The number of benzene rings is 1. The maximum atomic E-state index is 13.9. The third-order valence-electron chi connectivity index (χ3n) is 5.11. The van der Waals surface area contributed by atoms with Crippen molar-refractivity contribution in [1.82, 2.24) is 15.2 Å². The second-order valence-corrected chi connectivity index (χ2v) is 7.51. The van der Waals surface area contributed by atoms with Crippen molar-refractivity contribution in [3.63, 3.8) is 0 Å². The molecular formula is C21H27F2N3O3. The van der Waals surface area contributed by atoms with Gasteiger partial charge in [0.1, 0.15) is 11.6 Å². The second-order valence-electron chi connectivity index (χ2n) is 7.51. The topological polar surface area (TPSA) is 67.6 Å². The van der Waals surface area contributed by atoms with Crippen LogP contribution in [0.15, 0.2) is 28.8 Å². The molecule has 8 heteroatoms. The second kappa shape index (κ2) is 9.93. The van der Waals surface area contributed by atoms with Gasteiger partial charge in [0.2, 0.25) is 5.91 Å². The van der Waals surface area contributed by atoms with Crippen LogP contribution in [0.25, 0.3) is 11.3 Å². The van der Waals surface area contributed by atoms with E-state index >= 15 is 0 Å². The summed E-state index contributed by atoms with van der Waals surface area (Å²) in [6, 6.07) is 3.52. The Hall–Kier alpha value is -2.32. The summed E-state index contributed by atoms with van der Waals surface area (Å²) in [7, 11) is 0. The van der Waals surface area contributed by atoms with Crippen LogP contribution in [0.3, 0.4) is 0 Å². The Kier molecular flexibility index (Phi) is 7.33. The molecule has 0 spiro atoms. The van der Waals surface area contributed by atoms with E-state index in [-0.39, 0.29) is 29.7 Å². The molecule has 1 saturated heterocycles. The van der Waals surface area contributed by atoms with E-state index in [0.717, 1.165) is 38.4 Å². The Morgan fingerprint density at radius 2 is 2.03 bits per heavy atom. The summed E-state index contributed by atoms with van der Waals surface area (Å²) in [5.74, 6) is -0.491. The van der Waals surface area contributed by atoms with Crippen LogP contribution in [0.1, 0.15) is 26.2 Å². The van der Waals surface area contributed by atoms with E-state index in [1.807, 2.05) is 0 Å². The molecule has 2 aromatic rings. The van der Waals surface area contributed by atoms with Gasteiger partial charge in [-0.05, 0) is 18.1 Å². The average molecular weight is 407 g/mol. The minimum Gasteiger partial charge on any atom is -0.441 e. The summed E-state index contributed by atoms with van der Waals surface area (Å²) < 4.78 is 37.8. The van der Waals surface area contributed by atoms with Gasteiger partial charge in [-0.2, -0.15) is 0 Å². The van der Waals surface area contributed by atoms with Crippen LogP contribution in [0.4, 0.5) is 8.78 Å². The van der Waals surface area contributed by atoms with Crippen molar-refractivity contribution in [2.75, 3.05) is 32.8 Å². The number of amides is 1. The van der Waals surface area contributed by atoms with Gasteiger partial charge in [0.05, 0.1) is 25.0 Å². The molecule has 0 saturated carbocycles. The number of halogens is 2. The zero-order valence-electron chi connectivity index (χ0n) is 16.8. The van der Waals surface area contributed by atoms with E-state index in [1.54, 1.807) is 0 Å². The van der Waals surface area contributed by atoms with Gasteiger partial charge in [-0.25, -0.2) is 13.8 Å². The van der Waals surface area contributed by atoms with E-state index < -0.39 is 11.6 Å². The molecule has 3 rings (SSSR count). The summed E-state index contributed by atoms with van der Waals surface area (Å²) >= 11 is 0. The first-order valence-corrected chi connectivity index (χ1v) is 9.92. The van der Waals surface area contributed by atoms with E-state index in [4.69, 9.17) is 9.15 Å². The highest BCUT2D eigenvalue weighted by molar-refractivity contribution is 5.76. The van der Waals surface area contributed by atoms with E-state index in [1.165, 1.54) is 12.3 Å². The van der Waals surface area contributed by atoms with Crippen molar-refractivity contribution in [2.24, 2.45) is 5.92 Å². The number of oxazole rings is 1. The van der Waals surface area contributed by atoms with Crippen LogP contribution in [0.5, 0.6) is 0 Å². The number of ether oxygens (including phenoxy) is 1. The molecule has 1 fully saturated rings. The molecule has 0 bridgehead atoms. The minimum atomic E-state index is -0.715. The number of aryl methyl sites for hydroxylation is 1. The predicted octanol–water partition coefficient (Wildman–Crippen LogP) is 3.03. The van der Waals surface area contributed by atoms with Crippen LogP contribution in [0, 0.1) is 17.6 Å². The van der Waals surface area contributed by atoms with Crippen molar-refractivity contribution >= 4 is 5.91 Å². The maximum Gasteiger partial charge on any atom is 0.220 e. The first-order valence-electron chi connectivity index (χ1n) is 9.92. The number of rotatable bonds is 8. The Morgan fingerprint density at radius 3 is 2.72 bits per heavy atom. The fourth-order valence-corrected chi connectivity index (χ4v) is 3.46. The molecule has 1 aliphatic heterocycles. The van der Waals surface area contributed by atoms with E-state index in [2.05, 4.69) is 29.0 Å².